The molecular weight excluding hydrogens is 322 g/mol. The molecule has 0 aromatic heterocycles. The number of methoxy groups -OCH3 is 1. The van der Waals surface area contributed by atoms with Crippen LogP contribution in [-0.4, -0.2) is 30.5 Å². The van der Waals surface area contributed by atoms with Gasteiger partial charge in [0.2, 0.25) is 5.91 Å². The van der Waals surface area contributed by atoms with Gasteiger partial charge in [0.1, 0.15) is 0 Å². The Hall–Kier alpha value is -2.27. The summed E-state index contributed by atoms with van der Waals surface area (Å²) in [6, 6.07) is 19.6. The van der Waals surface area contributed by atoms with Crippen LogP contribution in [-0.2, 0) is 14.3 Å². The Morgan fingerprint density at radius 3 is 2.04 bits per heavy atom. The smallest absolute Gasteiger partial charge is 0.306 e. The lowest BCUT2D eigenvalue weighted by Crippen LogP contribution is -2.30. The van der Waals surface area contributed by atoms with E-state index in [1.165, 1.54) is 18.9 Å². The Morgan fingerprint density at radius 1 is 1.00 bits per heavy atom. The summed E-state index contributed by atoms with van der Waals surface area (Å²) in [5.74, 6) is 0.575. The normalized spacial score (nSPS) is 10.4. The Morgan fingerprint density at radius 2 is 1.54 bits per heavy atom. The van der Waals surface area contributed by atoms with E-state index < -0.39 is 0 Å². The first-order valence-corrected chi connectivity index (χ1v) is 8.90. The van der Waals surface area contributed by atoms with Gasteiger partial charge in [0.25, 0.3) is 0 Å². The summed E-state index contributed by atoms with van der Waals surface area (Å²) in [7, 11) is 1.37. The van der Waals surface area contributed by atoms with Crippen molar-refractivity contribution >= 4 is 23.6 Å². The van der Waals surface area contributed by atoms with Crippen molar-refractivity contribution in [2.45, 2.75) is 12.5 Å². The van der Waals surface area contributed by atoms with Crippen molar-refractivity contribution in [3.63, 3.8) is 0 Å². The van der Waals surface area contributed by atoms with E-state index in [0.717, 1.165) is 11.1 Å². The third kappa shape index (κ3) is 5.74. The second-order valence-electron chi connectivity index (χ2n) is 5.20. The van der Waals surface area contributed by atoms with Crippen LogP contribution in [0.1, 0.15) is 23.6 Å². The van der Waals surface area contributed by atoms with Crippen LogP contribution in [0.15, 0.2) is 60.7 Å². The zero-order valence-electron chi connectivity index (χ0n) is 13.6. The minimum atomic E-state index is -0.255. The van der Waals surface area contributed by atoms with Gasteiger partial charge in [0.15, 0.2) is 0 Å². The number of hydrogen-bond acceptors (Lipinski definition) is 4. The van der Waals surface area contributed by atoms with Gasteiger partial charge in [-0.1, -0.05) is 60.7 Å². The molecular formula is C19H21NO3S. The Balaban J connectivity index is 1.96. The highest BCUT2D eigenvalue weighted by Crippen LogP contribution is 2.21. The molecule has 2 aromatic carbocycles. The Labute approximate surface area is 146 Å². The number of benzene rings is 2. The van der Waals surface area contributed by atoms with Gasteiger partial charge in [-0.2, -0.15) is 11.8 Å². The molecule has 0 unspecified atom stereocenters. The van der Waals surface area contributed by atoms with E-state index in [9.17, 15) is 9.59 Å². The van der Waals surface area contributed by atoms with Crippen LogP contribution >= 0.6 is 11.8 Å². The van der Waals surface area contributed by atoms with E-state index in [1.807, 2.05) is 60.7 Å². The van der Waals surface area contributed by atoms with Gasteiger partial charge in [-0.25, -0.2) is 0 Å². The predicted molar refractivity (Wildman–Crippen MR) is 96.8 cm³/mol. The molecule has 0 saturated heterocycles. The molecule has 4 nitrogen and oxygen atoms in total. The lowest BCUT2D eigenvalue weighted by Gasteiger charge is -2.19. The molecule has 0 radical (unpaired) electrons. The molecule has 24 heavy (non-hydrogen) atoms. The lowest BCUT2D eigenvalue weighted by atomic mass is 9.99. The van der Waals surface area contributed by atoms with Crippen LogP contribution < -0.4 is 5.32 Å². The SMILES string of the molecule is COC(=O)CCSCC(=O)NC(c1ccccc1)c1ccccc1. The van der Waals surface area contributed by atoms with Gasteiger partial charge in [-0.3, -0.25) is 9.59 Å². The average molecular weight is 343 g/mol. The minimum Gasteiger partial charge on any atom is -0.469 e. The maximum atomic E-state index is 12.3. The van der Waals surface area contributed by atoms with Crippen LogP contribution in [0.5, 0.6) is 0 Å². The zero-order valence-corrected chi connectivity index (χ0v) is 14.4. The highest BCUT2D eigenvalue weighted by atomic mass is 32.2. The predicted octanol–water partition coefficient (Wildman–Crippen LogP) is 3.19. The van der Waals surface area contributed by atoms with E-state index in [1.54, 1.807) is 0 Å². The second-order valence-corrected chi connectivity index (χ2v) is 6.31. The summed E-state index contributed by atoms with van der Waals surface area (Å²) < 4.78 is 4.58. The summed E-state index contributed by atoms with van der Waals surface area (Å²) in [5, 5.41) is 3.08. The van der Waals surface area contributed by atoms with Gasteiger partial charge in [0, 0.05) is 5.75 Å². The third-order valence-corrected chi connectivity index (χ3v) is 4.44. The Kier molecular flexibility index (Phi) is 7.36. The molecule has 1 N–H and O–H groups in total. The second kappa shape index (κ2) is 9.78. The molecule has 0 fully saturated rings. The van der Waals surface area contributed by atoms with Crippen molar-refractivity contribution in [3.8, 4) is 0 Å². The molecule has 0 aliphatic carbocycles. The van der Waals surface area contributed by atoms with Gasteiger partial charge in [0.05, 0.1) is 25.3 Å². The molecule has 0 atom stereocenters. The summed E-state index contributed by atoms with van der Waals surface area (Å²) in [6.07, 6.45) is 0.315. The van der Waals surface area contributed by atoms with E-state index in [4.69, 9.17) is 0 Å². The topological polar surface area (TPSA) is 55.4 Å². The third-order valence-electron chi connectivity index (χ3n) is 3.48. The number of thioether (sulfide) groups is 1. The number of ether oxygens (including phenoxy) is 1. The molecule has 0 aliphatic rings. The lowest BCUT2D eigenvalue weighted by molar-refractivity contribution is -0.140. The molecule has 2 aromatic rings. The Bertz CT molecular complexity index is 607. The standard InChI is InChI=1S/C19H21NO3S/c1-23-18(22)12-13-24-14-17(21)20-19(15-8-4-2-5-9-15)16-10-6-3-7-11-16/h2-11,19H,12-14H2,1H3,(H,20,21). The zero-order chi connectivity index (χ0) is 17.2. The number of amides is 1. The first-order valence-electron chi connectivity index (χ1n) is 7.74. The molecule has 2 rings (SSSR count). The van der Waals surface area contributed by atoms with Crippen LogP contribution in [0.3, 0.4) is 0 Å². The van der Waals surface area contributed by atoms with Crippen molar-refractivity contribution < 1.29 is 14.3 Å². The van der Waals surface area contributed by atoms with Crippen molar-refractivity contribution in [2.75, 3.05) is 18.6 Å². The van der Waals surface area contributed by atoms with E-state index in [2.05, 4.69) is 10.1 Å². The molecule has 1 amide bonds. The van der Waals surface area contributed by atoms with Gasteiger partial charge < -0.3 is 10.1 Å². The molecule has 0 aliphatic heterocycles. The quantitative estimate of drug-likeness (QED) is 0.591. The summed E-state index contributed by atoms with van der Waals surface area (Å²) in [6.45, 7) is 0. The highest BCUT2D eigenvalue weighted by molar-refractivity contribution is 7.99. The highest BCUT2D eigenvalue weighted by Gasteiger charge is 2.16. The van der Waals surface area contributed by atoms with Crippen molar-refractivity contribution in [3.05, 3.63) is 71.8 Å². The van der Waals surface area contributed by atoms with Gasteiger partial charge >= 0.3 is 5.97 Å². The summed E-state index contributed by atoms with van der Waals surface area (Å²) >= 11 is 1.42. The monoisotopic (exact) mass is 343 g/mol. The molecule has 0 bridgehead atoms. The van der Waals surface area contributed by atoms with Crippen LogP contribution in [0, 0.1) is 0 Å². The number of esters is 1. The average Bonchev–Trinajstić information content (AvgIpc) is 2.64. The van der Waals surface area contributed by atoms with Gasteiger partial charge in [-0.15, -0.1) is 0 Å². The number of carbonyl (C=O) groups is 2. The number of carbonyl (C=O) groups excluding carboxylic acids is 2. The molecule has 5 heteroatoms. The number of rotatable bonds is 8. The minimum absolute atomic E-state index is 0.0532. The fourth-order valence-corrected chi connectivity index (χ4v) is 3.00. The summed E-state index contributed by atoms with van der Waals surface area (Å²) in [4.78, 5) is 23.3. The first-order chi connectivity index (χ1) is 11.7. The molecule has 0 heterocycles. The summed E-state index contributed by atoms with van der Waals surface area (Å²) in [5.41, 5.74) is 2.08. The molecule has 0 spiro atoms. The van der Waals surface area contributed by atoms with Crippen LogP contribution in [0.25, 0.3) is 0 Å². The van der Waals surface area contributed by atoms with E-state index in [0.29, 0.717) is 17.9 Å². The van der Waals surface area contributed by atoms with Crippen molar-refractivity contribution in [1.29, 1.82) is 0 Å². The van der Waals surface area contributed by atoms with E-state index >= 15 is 0 Å². The van der Waals surface area contributed by atoms with Gasteiger partial charge in [-0.05, 0) is 11.1 Å². The fourth-order valence-electron chi connectivity index (χ4n) is 2.28. The number of nitrogens with one attached hydrogen (secondary N) is 1. The fraction of sp³-hybridized carbons (Fsp3) is 0.263. The maximum Gasteiger partial charge on any atom is 0.306 e. The van der Waals surface area contributed by atoms with Crippen molar-refractivity contribution in [2.24, 2.45) is 0 Å². The van der Waals surface area contributed by atoms with Crippen LogP contribution in [0.2, 0.25) is 0 Å². The first kappa shape index (κ1) is 18.1. The maximum absolute atomic E-state index is 12.3. The largest absolute Gasteiger partial charge is 0.469 e. The van der Waals surface area contributed by atoms with E-state index in [-0.39, 0.29) is 17.9 Å². The molecule has 0 saturated carbocycles. The van der Waals surface area contributed by atoms with Crippen LogP contribution in [0.4, 0.5) is 0 Å². The van der Waals surface area contributed by atoms with Crippen molar-refractivity contribution in [1.82, 2.24) is 5.32 Å². The number of hydrogen-bond donors (Lipinski definition) is 1. The molecule has 126 valence electrons.